The highest BCUT2D eigenvalue weighted by atomic mass is 35.5. The number of carbonyl (C=O) groups excluding carboxylic acids is 2. The van der Waals surface area contributed by atoms with E-state index >= 15 is 0 Å². The van der Waals surface area contributed by atoms with E-state index in [2.05, 4.69) is 22.4 Å². The molecule has 1 heterocycles. The number of hydrogen-bond donors (Lipinski definition) is 2. The first-order valence-corrected chi connectivity index (χ1v) is 8.67. The van der Waals surface area contributed by atoms with Crippen LogP contribution in [-0.2, 0) is 22.6 Å². The predicted molar refractivity (Wildman–Crippen MR) is 115 cm³/mol. The molecule has 0 spiro atoms. The number of carbonyl (C=O) groups is 2. The summed E-state index contributed by atoms with van der Waals surface area (Å²) < 4.78 is 1.97. The molecule has 0 saturated carbocycles. The van der Waals surface area contributed by atoms with E-state index in [0.29, 0.717) is 13.0 Å². The molecule has 0 aliphatic carbocycles. The van der Waals surface area contributed by atoms with Crippen LogP contribution in [0, 0.1) is 5.92 Å². The van der Waals surface area contributed by atoms with Crippen molar-refractivity contribution in [1.82, 2.24) is 19.8 Å². The summed E-state index contributed by atoms with van der Waals surface area (Å²) in [5, 5.41) is 2.58. The van der Waals surface area contributed by atoms with Crippen molar-refractivity contribution in [3.05, 3.63) is 54.1 Å². The molecule has 2 rings (SSSR count). The highest BCUT2D eigenvalue weighted by Crippen LogP contribution is 2.07. The van der Waals surface area contributed by atoms with E-state index in [4.69, 9.17) is 5.73 Å². The van der Waals surface area contributed by atoms with Crippen LogP contribution >= 0.6 is 24.8 Å². The zero-order chi connectivity index (χ0) is 19.1. The fourth-order valence-corrected chi connectivity index (χ4v) is 2.82. The lowest BCUT2D eigenvalue weighted by molar-refractivity contribution is -0.133. The summed E-state index contributed by atoms with van der Waals surface area (Å²) in [6.45, 7) is 2.83. The smallest absolute Gasteiger partial charge is 0.239 e. The third kappa shape index (κ3) is 7.50. The van der Waals surface area contributed by atoms with Gasteiger partial charge in [-0.3, -0.25) is 9.59 Å². The van der Waals surface area contributed by atoms with Crippen molar-refractivity contribution >= 4 is 36.6 Å². The van der Waals surface area contributed by atoms with E-state index in [1.807, 2.05) is 29.0 Å². The molecule has 0 fully saturated rings. The van der Waals surface area contributed by atoms with Gasteiger partial charge in [-0.05, 0) is 5.56 Å². The zero-order valence-electron chi connectivity index (χ0n) is 16.4. The van der Waals surface area contributed by atoms with Gasteiger partial charge in [-0.25, -0.2) is 4.98 Å². The van der Waals surface area contributed by atoms with Gasteiger partial charge in [-0.15, -0.1) is 24.8 Å². The molecule has 9 heteroatoms. The Labute approximate surface area is 178 Å². The van der Waals surface area contributed by atoms with E-state index in [1.54, 1.807) is 27.3 Å². The SMILES string of the molecule is CNC(=O)C(C)CN(C)C(=O)[C@@H](N)Cc1cn(Cc2ccccc2)cn1.Cl.Cl. The highest BCUT2D eigenvalue weighted by Gasteiger charge is 2.22. The van der Waals surface area contributed by atoms with Gasteiger partial charge in [-0.2, -0.15) is 0 Å². The fraction of sp³-hybridized carbons (Fsp3) is 0.421. The molecular formula is C19H29Cl2N5O2. The summed E-state index contributed by atoms with van der Waals surface area (Å²) in [5.41, 5.74) is 8.01. The van der Waals surface area contributed by atoms with Crippen LogP contribution in [0.2, 0.25) is 0 Å². The van der Waals surface area contributed by atoms with Crippen molar-refractivity contribution in [1.29, 1.82) is 0 Å². The van der Waals surface area contributed by atoms with Crippen LogP contribution in [0.15, 0.2) is 42.9 Å². The molecule has 0 radical (unpaired) electrons. The molecule has 1 unspecified atom stereocenters. The van der Waals surface area contributed by atoms with Crippen LogP contribution in [0.5, 0.6) is 0 Å². The van der Waals surface area contributed by atoms with Crippen molar-refractivity contribution < 1.29 is 9.59 Å². The Morgan fingerprint density at radius 3 is 2.50 bits per heavy atom. The topological polar surface area (TPSA) is 93.3 Å². The lowest BCUT2D eigenvalue weighted by atomic mass is 10.1. The summed E-state index contributed by atoms with van der Waals surface area (Å²) in [6.07, 6.45) is 4.02. The number of hydrogen-bond acceptors (Lipinski definition) is 4. The van der Waals surface area contributed by atoms with Crippen molar-refractivity contribution in [2.24, 2.45) is 11.7 Å². The van der Waals surface area contributed by atoms with E-state index < -0.39 is 6.04 Å². The minimum atomic E-state index is -0.683. The van der Waals surface area contributed by atoms with Gasteiger partial charge >= 0.3 is 0 Å². The predicted octanol–water partition coefficient (Wildman–Crippen LogP) is 1.49. The van der Waals surface area contributed by atoms with E-state index in [1.165, 1.54) is 10.5 Å². The number of benzene rings is 1. The maximum atomic E-state index is 12.4. The van der Waals surface area contributed by atoms with Gasteiger partial charge in [0.2, 0.25) is 11.8 Å². The van der Waals surface area contributed by atoms with E-state index in [9.17, 15) is 9.59 Å². The molecule has 7 nitrogen and oxygen atoms in total. The molecular weight excluding hydrogens is 401 g/mol. The Morgan fingerprint density at radius 1 is 1.25 bits per heavy atom. The lowest BCUT2D eigenvalue weighted by Crippen LogP contribution is -2.46. The normalized spacial score (nSPS) is 12.1. The number of amides is 2. The van der Waals surface area contributed by atoms with E-state index in [0.717, 1.165) is 12.2 Å². The van der Waals surface area contributed by atoms with Crippen LogP contribution in [-0.4, -0.2) is 52.9 Å². The maximum absolute atomic E-state index is 12.4. The molecule has 2 amide bonds. The van der Waals surface area contributed by atoms with Crippen LogP contribution < -0.4 is 11.1 Å². The Balaban J connectivity index is 0.00000364. The number of nitrogens with zero attached hydrogens (tertiary/aromatic N) is 3. The van der Waals surface area contributed by atoms with Gasteiger partial charge in [0.1, 0.15) is 0 Å². The standard InChI is InChI=1S/C19H27N5O2.2ClH/c1-14(18(25)21-2)10-23(3)19(26)17(20)9-16-12-24(13-22-16)11-15-7-5-4-6-8-15;;/h4-8,12-14,17H,9-11,20H2,1-3H3,(H,21,25);2*1H/t14?,17-;;/m0../s1. The summed E-state index contributed by atoms with van der Waals surface area (Å²) in [5.74, 6) is -0.581. The zero-order valence-corrected chi connectivity index (χ0v) is 18.0. The van der Waals surface area contributed by atoms with Gasteiger partial charge in [0.05, 0.1) is 24.0 Å². The second-order valence-electron chi connectivity index (χ2n) is 6.57. The first kappa shape index (κ1) is 25.9. The molecule has 0 aliphatic heterocycles. The van der Waals surface area contributed by atoms with Gasteiger partial charge < -0.3 is 20.5 Å². The monoisotopic (exact) mass is 429 g/mol. The number of rotatable bonds is 8. The minimum absolute atomic E-state index is 0. The second-order valence-corrected chi connectivity index (χ2v) is 6.57. The molecule has 156 valence electrons. The van der Waals surface area contributed by atoms with Crippen molar-refractivity contribution in [3.63, 3.8) is 0 Å². The highest BCUT2D eigenvalue weighted by molar-refractivity contribution is 5.85. The number of nitrogens with two attached hydrogens (primary N) is 1. The Hall–Kier alpha value is -2.09. The van der Waals surface area contributed by atoms with E-state index in [-0.39, 0.29) is 42.5 Å². The molecule has 0 saturated heterocycles. The lowest BCUT2D eigenvalue weighted by Gasteiger charge is -2.23. The molecule has 3 N–H and O–H groups in total. The molecule has 28 heavy (non-hydrogen) atoms. The number of likely N-dealkylation sites (N-methyl/N-ethyl adjacent to an activating group) is 1. The number of imidazole rings is 1. The van der Waals surface area contributed by atoms with Crippen LogP contribution in [0.25, 0.3) is 0 Å². The first-order valence-electron chi connectivity index (χ1n) is 8.67. The Kier molecular flexibility index (Phi) is 11.5. The summed E-state index contributed by atoms with van der Waals surface area (Å²) in [7, 11) is 3.24. The third-order valence-electron chi connectivity index (χ3n) is 4.26. The van der Waals surface area contributed by atoms with Crippen LogP contribution in [0.4, 0.5) is 0 Å². The van der Waals surface area contributed by atoms with Crippen molar-refractivity contribution in [3.8, 4) is 0 Å². The average molecular weight is 430 g/mol. The third-order valence-corrected chi connectivity index (χ3v) is 4.26. The molecule has 2 atom stereocenters. The second kappa shape index (κ2) is 12.4. The molecule has 0 bridgehead atoms. The van der Waals surface area contributed by atoms with Crippen molar-refractivity contribution in [2.45, 2.75) is 25.9 Å². The van der Waals surface area contributed by atoms with Crippen molar-refractivity contribution in [2.75, 3.05) is 20.6 Å². The molecule has 2 aromatic rings. The summed E-state index contributed by atoms with van der Waals surface area (Å²) >= 11 is 0. The minimum Gasteiger partial charge on any atom is -0.359 e. The molecule has 1 aromatic carbocycles. The van der Waals surface area contributed by atoms with Gasteiger partial charge in [0.15, 0.2) is 0 Å². The fourth-order valence-electron chi connectivity index (χ4n) is 2.82. The first-order chi connectivity index (χ1) is 12.4. The van der Waals surface area contributed by atoms with Gasteiger partial charge in [0, 0.05) is 39.8 Å². The number of aromatic nitrogens is 2. The average Bonchev–Trinajstić information content (AvgIpc) is 3.07. The number of halogens is 2. The quantitative estimate of drug-likeness (QED) is 0.664. The van der Waals surface area contributed by atoms with Gasteiger partial charge in [0.25, 0.3) is 0 Å². The maximum Gasteiger partial charge on any atom is 0.239 e. The summed E-state index contributed by atoms with van der Waals surface area (Å²) in [6, 6.07) is 9.40. The summed E-state index contributed by atoms with van der Waals surface area (Å²) in [4.78, 5) is 29.9. The largest absolute Gasteiger partial charge is 0.359 e. The Bertz CT molecular complexity index is 739. The molecule has 1 aromatic heterocycles. The number of nitrogens with one attached hydrogen (secondary N) is 1. The van der Waals surface area contributed by atoms with Crippen LogP contribution in [0.3, 0.4) is 0 Å². The van der Waals surface area contributed by atoms with Crippen LogP contribution in [0.1, 0.15) is 18.2 Å². The molecule has 0 aliphatic rings. The Morgan fingerprint density at radius 2 is 1.89 bits per heavy atom. The van der Waals surface area contributed by atoms with Gasteiger partial charge in [-0.1, -0.05) is 37.3 Å².